The summed E-state index contributed by atoms with van der Waals surface area (Å²) in [6.45, 7) is 4.97. The Bertz CT molecular complexity index is 3110. The van der Waals surface area contributed by atoms with Crippen molar-refractivity contribution in [2.45, 2.75) is 13.1 Å². The molecule has 1 aromatic heterocycles. The molecule has 9 aromatic carbocycles. The fourth-order valence-corrected chi connectivity index (χ4v) is 12.1. The molecule has 260 valence electrons. The average molecular weight is 720 g/mol. The lowest BCUT2D eigenvalue weighted by atomic mass is 9.97. The number of benzene rings is 9. The van der Waals surface area contributed by atoms with Gasteiger partial charge in [-0.3, -0.25) is 0 Å². The molecule has 55 heavy (non-hydrogen) atoms. The fraction of sp³-hybridized carbons (Fsp3) is 0.0385. The second-order valence-electron chi connectivity index (χ2n) is 15.3. The van der Waals surface area contributed by atoms with Gasteiger partial charge < -0.3 is 9.32 Å². The monoisotopic (exact) mass is 719 g/mol. The molecule has 1 aliphatic rings. The molecular weight excluding hydrogens is 683 g/mol. The second-order valence-corrected chi connectivity index (χ2v) is 19.6. The molecule has 0 saturated carbocycles. The van der Waals surface area contributed by atoms with Gasteiger partial charge in [0.15, 0.2) is 0 Å². The molecule has 0 aliphatic carbocycles. The highest BCUT2D eigenvalue weighted by Crippen LogP contribution is 2.47. The van der Waals surface area contributed by atoms with Gasteiger partial charge in [-0.25, -0.2) is 0 Å². The minimum atomic E-state index is -2.07. The maximum atomic E-state index is 6.79. The number of furan rings is 1. The third-order valence-corrected chi connectivity index (χ3v) is 15.4. The van der Waals surface area contributed by atoms with Gasteiger partial charge in [0.2, 0.25) is 0 Å². The van der Waals surface area contributed by atoms with E-state index in [2.05, 4.69) is 206 Å². The summed E-state index contributed by atoms with van der Waals surface area (Å²) in [4.78, 5) is 2.46. The van der Waals surface area contributed by atoms with Crippen molar-refractivity contribution in [3.05, 3.63) is 188 Å². The third kappa shape index (κ3) is 4.94. The first-order valence-corrected chi connectivity index (χ1v) is 22.1. The highest BCUT2D eigenvalue weighted by molar-refractivity contribution is 7.04. The molecule has 0 spiro atoms. The molecule has 0 unspecified atom stereocenters. The van der Waals surface area contributed by atoms with E-state index in [4.69, 9.17) is 4.42 Å². The Morgan fingerprint density at radius 3 is 1.84 bits per heavy atom. The highest BCUT2D eigenvalue weighted by Gasteiger charge is 2.41. The Balaban J connectivity index is 1.11. The molecule has 3 heteroatoms. The minimum Gasteiger partial charge on any atom is -0.455 e. The van der Waals surface area contributed by atoms with Crippen molar-refractivity contribution in [3.8, 4) is 33.4 Å². The molecule has 0 bridgehead atoms. The highest BCUT2D eigenvalue weighted by atomic mass is 28.3. The maximum Gasteiger partial charge on any atom is 0.143 e. The van der Waals surface area contributed by atoms with E-state index < -0.39 is 8.07 Å². The van der Waals surface area contributed by atoms with Crippen LogP contribution in [0.25, 0.3) is 76.9 Å². The molecule has 1 aliphatic heterocycles. The van der Waals surface area contributed by atoms with E-state index in [-0.39, 0.29) is 0 Å². The summed E-state index contributed by atoms with van der Waals surface area (Å²) < 4.78 is 6.79. The van der Waals surface area contributed by atoms with E-state index in [0.717, 1.165) is 27.9 Å². The van der Waals surface area contributed by atoms with Gasteiger partial charge in [-0.05, 0) is 96.6 Å². The van der Waals surface area contributed by atoms with Crippen LogP contribution >= 0.6 is 0 Å². The lowest BCUT2D eigenvalue weighted by molar-refractivity contribution is 0.670. The van der Waals surface area contributed by atoms with Crippen molar-refractivity contribution < 1.29 is 4.42 Å². The van der Waals surface area contributed by atoms with Crippen LogP contribution in [0, 0.1) is 0 Å². The predicted molar refractivity (Wildman–Crippen MR) is 236 cm³/mol. The second kappa shape index (κ2) is 12.2. The molecule has 0 saturated heterocycles. The van der Waals surface area contributed by atoms with Gasteiger partial charge in [-0.1, -0.05) is 159 Å². The molecule has 0 fully saturated rings. The van der Waals surface area contributed by atoms with Crippen molar-refractivity contribution >= 4 is 79.0 Å². The Morgan fingerprint density at radius 1 is 0.418 bits per heavy atom. The number of rotatable bonds is 5. The van der Waals surface area contributed by atoms with Gasteiger partial charge in [0.05, 0.1) is 5.69 Å². The zero-order valence-electron chi connectivity index (χ0n) is 30.8. The van der Waals surface area contributed by atoms with E-state index in [1.165, 1.54) is 76.4 Å². The summed E-state index contributed by atoms with van der Waals surface area (Å²) in [7, 11) is -2.07. The van der Waals surface area contributed by atoms with Crippen LogP contribution in [-0.4, -0.2) is 8.07 Å². The molecule has 10 aromatic rings. The van der Waals surface area contributed by atoms with Crippen LogP contribution in [-0.2, 0) is 0 Å². The molecule has 0 amide bonds. The number of hydrogen-bond acceptors (Lipinski definition) is 2. The van der Waals surface area contributed by atoms with Gasteiger partial charge >= 0.3 is 0 Å². The van der Waals surface area contributed by atoms with Crippen LogP contribution in [0.15, 0.2) is 192 Å². The first kappa shape index (κ1) is 31.8. The van der Waals surface area contributed by atoms with Gasteiger partial charge in [0.25, 0.3) is 0 Å². The Hall–Kier alpha value is -6.68. The van der Waals surface area contributed by atoms with Gasteiger partial charge in [0.1, 0.15) is 19.2 Å². The van der Waals surface area contributed by atoms with E-state index in [9.17, 15) is 0 Å². The van der Waals surface area contributed by atoms with E-state index in [0.29, 0.717) is 0 Å². The Kier molecular flexibility index (Phi) is 7.04. The molecule has 11 rings (SSSR count). The summed E-state index contributed by atoms with van der Waals surface area (Å²) in [5.74, 6) is 0. The van der Waals surface area contributed by atoms with E-state index in [1.807, 2.05) is 0 Å². The molecule has 0 N–H and O–H groups in total. The van der Waals surface area contributed by atoms with Gasteiger partial charge in [0, 0.05) is 33.3 Å². The number of hydrogen-bond donors (Lipinski definition) is 0. The van der Waals surface area contributed by atoms with Crippen LogP contribution in [0.3, 0.4) is 0 Å². The summed E-state index contributed by atoms with van der Waals surface area (Å²) >= 11 is 0. The number of fused-ring (bicyclic) bond motifs is 9. The third-order valence-electron chi connectivity index (χ3n) is 11.9. The number of para-hydroxylation sites is 1. The standard InChI is InChI=1S/C52H37NOSi/c1-55(2)48-20-10-18-46(50(48)51-49(55)32-31-45-44-16-7-8-19-47(44)54-52(45)51)53(40-27-23-35(24-28-40)39-22-21-34-11-3-4-13-38(34)33-39)41-29-25-37(26-30-41)43-17-9-14-36-12-5-6-15-42(36)43/h3-33H,1-2H3. The molecule has 2 heterocycles. The van der Waals surface area contributed by atoms with Crippen LogP contribution in [0.4, 0.5) is 17.1 Å². The zero-order valence-corrected chi connectivity index (χ0v) is 31.8. The van der Waals surface area contributed by atoms with Gasteiger partial charge in [-0.15, -0.1) is 0 Å². The molecule has 0 atom stereocenters. The number of nitrogens with zero attached hydrogens (tertiary/aromatic N) is 1. The minimum absolute atomic E-state index is 0.932. The zero-order chi connectivity index (χ0) is 36.7. The van der Waals surface area contributed by atoms with Crippen LogP contribution in [0.2, 0.25) is 13.1 Å². The SMILES string of the molecule is C[Si]1(C)c2cccc(N(c3ccc(-c4ccc5ccccc5c4)cc3)c3ccc(-c4cccc5ccccc45)cc3)c2-c2c1ccc1c2oc2ccccc21. The van der Waals surface area contributed by atoms with Crippen LogP contribution in [0.5, 0.6) is 0 Å². The quantitative estimate of drug-likeness (QED) is 0.165. The largest absolute Gasteiger partial charge is 0.455 e. The lowest BCUT2D eigenvalue weighted by Gasteiger charge is -2.29. The van der Waals surface area contributed by atoms with Crippen molar-refractivity contribution in [2.24, 2.45) is 0 Å². The van der Waals surface area contributed by atoms with Crippen LogP contribution < -0.4 is 15.3 Å². The molecule has 2 nitrogen and oxygen atoms in total. The van der Waals surface area contributed by atoms with Gasteiger partial charge in [-0.2, -0.15) is 0 Å². The normalized spacial score (nSPS) is 13.1. The maximum absolute atomic E-state index is 6.79. The molecular formula is C52H37NOSi. The topological polar surface area (TPSA) is 16.4 Å². The van der Waals surface area contributed by atoms with E-state index in [1.54, 1.807) is 0 Å². The summed E-state index contributed by atoms with van der Waals surface area (Å²) in [5, 5.41) is 10.2. The van der Waals surface area contributed by atoms with Crippen molar-refractivity contribution in [3.63, 3.8) is 0 Å². The fourth-order valence-electron chi connectivity index (χ4n) is 9.08. The predicted octanol–water partition coefficient (Wildman–Crippen LogP) is 13.5. The number of anilines is 3. The van der Waals surface area contributed by atoms with Crippen molar-refractivity contribution in [1.29, 1.82) is 0 Å². The van der Waals surface area contributed by atoms with Crippen molar-refractivity contribution in [2.75, 3.05) is 4.90 Å². The van der Waals surface area contributed by atoms with Crippen LogP contribution in [0.1, 0.15) is 0 Å². The van der Waals surface area contributed by atoms with E-state index >= 15 is 0 Å². The first-order valence-electron chi connectivity index (χ1n) is 19.1. The average Bonchev–Trinajstić information content (AvgIpc) is 3.73. The summed E-state index contributed by atoms with van der Waals surface area (Å²) in [5.41, 5.74) is 12.7. The first-order chi connectivity index (χ1) is 27.0. The smallest absolute Gasteiger partial charge is 0.143 e. The Labute approximate surface area is 321 Å². The van der Waals surface area contributed by atoms with Crippen molar-refractivity contribution in [1.82, 2.24) is 0 Å². The molecule has 0 radical (unpaired) electrons. The Morgan fingerprint density at radius 2 is 1.04 bits per heavy atom. The lowest BCUT2D eigenvalue weighted by Crippen LogP contribution is -2.49. The summed E-state index contributed by atoms with van der Waals surface area (Å²) in [6, 6.07) is 68.8. The summed E-state index contributed by atoms with van der Waals surface area (Å²) in [6.07, 6.45) is 0.